The Morgan fingerprint density at radius 3 is 1.31 bits per heavy atom. The van der Waals surface area contributed by atoms with Crippen molar-refractivity contribution in [1.29, 1.82) is 0 Å². The SMILES string of the molecule is CCC(N=Cc1cc(F)cc(F)c1O)C(O)(c1cc(C(C)(C)C)c(OC)c(C(C)(C)C)c1)c1cc(C(C)(C)C)c(OC)c(C(C)(C)C)c1. The highest BCUT2D eigenvalue weighted by Gasteiger charge is 2.44. The van der Waals surface area contributed by atoms with Crippen LogP contribution in [0.1, 0.15) is 135 Å². The summed E-state index contributed by atoms with van der Waals surface area (Å²) in [6.07, 6.45) is 1.60. The molecular weight excluding hydrogens is 608 g/mol. The topological polar surface area (TPSA) is 71.3 Å². The van der Waals surface area contributed by atoms with Crippen LogP contribution in [-0.2, 0) is 27.3 Å². The molecule has 0 saturated heterocycles. The third kappa shape index (κ3) is 7.72. The van der Waals surface area contributed by atoms with Gasteiger partial charge in [0.1, 0.15) is 22.9 Å². The lowest BCUT2D eigenvalue weighted by Crippen LogP contribution is -2.41. The summed E-state index contributed by atoms with van der Waals surface area (Å²) in [5.74, 6) is -1.10. The van der Waals surface area contributed by atoms with Crippen LogP contribution in [0.15, 0.2) is 41.4 Å². The van der Waals surface area contributed by atoms with Crippen LogP contribution in [0, 0.1) is 11.6 Å². The molecule has 1 unspecified atom stereocenters. The number of nitrogens with zero attached hydrogens (tertiary/aromatic N) is 1. The van der Waals surface area contributed by atoms with E-state index in [2.05, 4.69) is 83.1 Å². The van der Waals surface area contributed by atoms with Crippen molar-refractivity contribution in [2.75, 3.05) is 14.2 Å². The molecule has 5 nitrogen and oxygen atoms in total. The zero-order valence-electron chi connectivity index (χ0n) is 31.7. The van der Waals surface area contributed by atoms with Gasteiger partial charge in [-0.3, -0.25) is 4.99 Å². The van der Waals surface area contributed by atoms with E-state index in [1.54, 1.807) is 14.2 Å². The van der Waals surface area contributed by atoms with Crippen LogP contribution in [0.5, 0.6) is 17.2 Å². The fourth-order valence-electron chi connectivity index (χ4n) is 6.28. The summed E-state index contributed by atoms with van der Waals surface area (Å²) in [4.78, 5) is 4.80. The van der Waals surface area contributed by atoms with E-state index >= 15 is 0 Å². The fourth-order valence-corrected chi connectivity index (χ4v) is 6.28. The average Bonchev–Trinajstić information content (AvgIpc) is 2.96. The van der Waals surface area contributed by atoms with Crippen molar-refractivity contribution in [1.82, 2.24) is 0 Å². The highest BCUT2D eigenvalue weighted by atomic mass is 19.1. The first-order valence-electron chi connectivity index (χ1n) is 16.7. The number of hydrogen-bond acceptors (Lipinski definition) is 5. The molecule has 48 heavy (non-hydrogen) atoms. The van der Waals surface area contributed by atoms with E-state index in [0.29, 0.717) is 23.6 Å². The first-order valence-corrected chi connectivity index (χ1v) is 16.7. The van der Waals surface area contributed by atoms with Crippen molar-refractivity contribution in [2.24, 2.45) is 4.99 Å². The molecule has 0 bridgehead atoms. The van der Waals surface area contributed by atoms with Gasteiger partial charge in [0, 0.05) is 40.1 Å². The van der Waals surface area contributed by atoms with Crippen LogP contribution in [0.3, 0.4) is 0 Å². The molecule has 3 aromatic carbocycles. The van der Waals surface area contributed by atoms with E-state index in [0.717, 1.165) is 39.8 Å². The van der Waals surface area contributed by atoms with Crippen LogP contribution < -0.4 is 9.47 Å². The number of benzene rings is 3. The smallest absolute Gasteiger partial charge is 0.168 e. The van der Waals surface area contributed by atoms with Crippen molar-refractivity contribution in [3.8, 4) is 17.2 Å². The van der Waals surface area contributed by atoms with Crippen LogP contribution in [0.4, 0.5) is 8.78 Å². The second kappa shape index (κ2) is 13.5. The van der Waals surface area contributed by atoms with E-state index in [1.807, 2.05) is 31.2 Å². The number of ether oxygens (including phenoxy) is 2. The van der Waals surface area contributed by atoms with Gasteiger partial charge in [0.25, 0.3) is 0 Å². The van der Waals surface area contributed by atoms with Gasteiger partial charge in [-0.05, 0) is 69.5 Å². The molecule has 0 radical (unpaired) electrons. The Morgan fingerprint density at radius 1 is 0.667 bits per heavy atom. The average molecular weight is 666 g/mol. The molecule has 0 aromatic heterocycles. The second-order valence-electron chi connectivity index (χ2n) is 17.0. The summed E-state index contributed by atoms with van der Waals surface area (Å²) in [5, 5.41) is 24.0. The van der Waals surface area contributed by atoms with E-state index < -0.39 is 29.0 Å². The number of hydrogen-bond donors (Lipinski definition) is 2. The minimum Gasteiger partial charge on any atom is -0.504 e. The Labute approximate surface area is 287 Å². The Hall–Kier alpha value is -3.45. The first-order chi connectivity index (χ1) is 21.8. The molecule has 7 heteroatoms. The zero-order chi connectivity index (χ0) is 36.8. The van der Waals surface area contributed by atoms with Gasteiger partial charge in [0.15, 0.2) is 11.6 Å². The lowest BCUT2D eigenvalue weighted by atomic mass is 9.70. The van der Waals surface area contributed by atoms with Crippen LogP contribution in [0.25, 0.3) is 0 Å². The quantitative estimate of drug-likeness (QED) is 0.235. The molecule has 0 aliphatic rings. The van der Waals surface area contributed by atoms with Crippen LogP contribution in [-0.4, -0.2) is 36.7 Å². The predicted molar refractivity (Wildman–Crippen MR) is 193 cm³/mol. The Balaban J connectivity index is 2.62. The number of aliphatic imine (C=N–C) groups is 1. The number of phenolic OH excluding ortho intramolecular Hbond substituents is 1. The van der Waals surface area contributed by atoms with Gasteiger partial charge in [-0.25, -0.2) is 8.78 Å². The number of phenols is 1. The van der Waals surface area contributed by atoms with Crippen molar-refractivity contribution in [3.05, 3.63) is 87.0 Å². The molecule has 1 atom stereocenters. The van der Waals surface area contributed by atoms with Crippen molar-refractivity contribution < 1.29 is 28.5 Å². The van der Waals surface area contributed by atoms with E-state index in [1.165, 1.54) is 6.21 Å². The van der Waals surface area contributed by atoms with Crippen LogP contribution >= 0.6 is 0 Å². The van der Waals surface area contributed by atoms with Gasteiger partial charge < -0.3 is 19.7 Å². The summed E-state index contributed by atoms with van der Waals surface area (Å²) in [6.45, 7) is 27.2. The Kier molecular flexibility index (Phi) is 10.9. The normalized spacial score (nSPS) is 14.0. The molecular formula is C41H57F2NO4. The highest BCUT2D eigenvalue weighted by molar-refractivity contribution is 5.83. The monoisotopic (exact) mass is 665 g/mol. The van der Waals surface area contributed by atoms with E-state index in [9.17, 15) is 19.0 Å². The summed E-state index contributed by atoms with van der Waals surface area (Å²) in [7, 11) is 3.34. The van der Waals surface area contributed by atoms with Gasteiger partial charge in [0.2, 0.25) is 0 Å². The van der Waals surface area contributed by atoms with Crippen molar-refractivity contribution >= 4 is 6.21 Å². The predicted octanol–water partition coefficient (Wildman–Crippen LogP) is 10.0. The van der Waals surface area contributed by atoms with Crippen molar-refractivity contribution in [2.45, 2.75) is 130 Å². The first kappa shape index (κ1) is 39.0. The number of rotatable bonds is 8. The summed E-state index contributed by atoms with van der Waals surface area (Å²) < 4.78 is 40.7. The third-order valence-corrected chi connectivity index (χ3v) is 9.02. The molecule has 0 amide bonds. The highest BCUT2D eigenvalue weighted by Crippen LogP contribution is 2.49. The molecule has 2 N–H and O–H groups in total. The van der Waals surface area contributed by atoms with Gasteiger partial charge in [-0.15, -0.1) is 0 Å². The number of halogens is 2. The molecule has 3 rings (SSSR count). The fraction of sp³-hybridized carbons (Fsp3) is 0.537. The molecule has 0 spiro atoms. The molecule has 264 valence electrons. The lowest BCUT2D eigenvalue weighted by Gasteiger charge is -2.40. The van der Waals surface area contributed by atoms with Gasteiger partial charge in [0.05, 0.1) is 20.3 Å². The standard InChI is InChI=1S/C41H57F2NO4/c1-16-33(44-23-24-17-27(42)22-32(43)34(24)45)41(46,25-18-28(37(2,3)4)35(47-14)29(19-25)38(5,6)7)26-20-30(39(8,9)10)36(48-15)31(21-26)40(11,12)13/h17-23,33,45-46H,16H2,1-15H3. The molecule has 0 aliphatic carbocycles. The maximum atomic E-state index is 14.4. The van der Waals surface area contributed by atoms with Gasteiger partial charge in [-0.2, -0.15) is 0 Å². The molecule has 3 aromatic rings. The minimum atomic E-state index is -1.74. The second-order valence-corrected chi connectivity index (χ2v) is 17.0. The van der Waals surface area contributed by atoms with E-state index in [4.69, 9.17) is 14.5 Å². The largest absolute Gasteiger partial charge is 0.504 e. The maximum absolute atomic E-state index is 14.4. The number of aromatic hydroxyl groups is 1. The Bertz CT molecular complexity index is 1510. The Morgan fingerprint density at radius 2 is 1.02 bits per heavy atom. The summed E-state index contributed by atoms with van der Waals surface area (Å²) in [5.41, 5.74) is 1.64. The van der Waals surface area contributed by atoms with Gasteiger partial charge >= 0.3 is 0 Å². The maximum Gasteiger partial charge on any atom is 0.168 e. The molecule has 0 fully saturated rings. The molecule has 0 heterocycles. The van der Waals surface area contributed by atoms with Gasteiger partial charge in [-0.1, -0.05) is 90.0 Å². The van der Waals surface area contributed by atoms with Crippen molar-refractivity contribution in [3.63, 3.8) is 0 Å². The lowest BCUT2D eigenvalue weighted by molar-refractivity contribution is 0.0507. The summed E-state index contributed by atoms with van der Waals surface area (Å²) >= 11 is 0. The number of methoxy groups -OCH3 is 2. The molecule has 0 saturated carbocycles. The van der Waals surface area contributed by atoms with E-state index in [-0.39, 0.29) is 27.2 Å². The molecule has 0 aliphatic heterocycles. The number of aliphatic hydroxyl groups is 1. The zero-order valence-corrected chi connectivity index (χ0v) is 31.7. The van der Waals surface area contributed by atoms with Crippen LogP contribution in [0.2, 0.25) is 0 Å². The third-order valence-electron chi connectivity index (χ3n) is 9.02. The summed E-state index contributed by atoms with van der Waals surface area (Å²) in [6, 6.07) is 8.82. The minimum absolute atomic E-state index is 0.116.